The van der Waals surface area contributed by atoms with Crippen LogP contribution in [0.1, 0.15) is 5.56 Å². The molecular weight excluding hydrogens is 382 g/mol. The number of para-hydroxylation sites is 1. The zero-order valence-electron chi connectivity index (χ0n) is 14.9. The van der Waals surface area contributed by atoms with Crippen LogP contribution in [0.5, 0.6) is 0 Å². The van der Waals surface area contributed by atoms with Crippen LogP contribution in [0.3, 0.4) is 0 Å². The van der Waals surface area contributed by atoms with Gasteiger partial charge >= 0.3 is 0 Å². The number of anilines is 2. The Hall–Kier alpha value is -3.26. The molecule has 8 nitrogen and oxygen atoms in total. The Bertz CT molecular complexity index is 991. The molecule has 0 radical (unpaired) electrons. The van der Waals surface area contributed by atoms with E-state index in [1.165, 1.54) is 5.01 Å². The zero-order chi connectivity index (χ0) is 19.8. The van der Waals surface area contributed by atoms with Crippen molar-refractivity contribution in [2.75, 3.05) is 16.8 Å². The predicted octanol–water partition coefficient (Wildman–Crippen LogP) is 2.58. The van der Waals surface area contributed by atoms with Crippen LogP contribution in [0.2, 0.25) is 5.02 Å². The monoisotopic (exact) mass is 397 g/mol. The second-order valence-electron chi connectivity index (χ2n) is 6.57. The fourth-order valence-corrected chi connectivity index (χ4v) is 3.38. The maximum absolute atomic E-state index is 12.9. The first kappa shape index (κ1) is 18.1. The van der Waals surface area contributed by atoms with Crippen LogP contribution in [0.4, 0.5) is 11.4 Å². The largest absolute Gasteiger partial charge is 0.323 e. The van der Waals surface area contributed by atoms with E-state index in [9.17, 15) is 14.4 Å². The Morgan fingerprint density at radius 3 is 2.54 bits per heavy atom. The van der Waals surface area contributed by atoms with Gasteiger partial charge in [-0.3, -0.25) is 19.4 Å². The molecule has 2 aliphatic rings. The molecule has 3 amide bonds. The lowest BCUT2D eigenvalue weighted by Crippen LogP contribution is -2.43. The number of rotatable bonds is 4. The molecule has 2 atom stereocenters. The molecule has 2 aliphatic heterocycles. The minimum Gasteiger partial charge on any atom is -0.323 e. The highest BCUT2D eigenvalue weighted by atomic mass is 35.5. The molecule has 1 saturated heterocycles. The second kappa shape index (κ2) is 7.05. The Labute approximate surface area is 165 Å². The third-order valence-electron chi connectivity index (χ3n) is 4.60. The quantitative estimate of drug-likeness (QED) is 0.802. The predicted molar refractivity (Wildman–Crippen MR) is 103 cm³/mol. The molecule has 0 aromatic heterocycles. The van der Waals surface area contributed by atoms with E-state index < -0.39 is 29.8 Å². The third kappa shape index (κ3) is 3.11. The lowest BCUT2D eigenvalue weighted by molar-refractivity contribution is -0.123. The van der Waals surface area contributed by atoms with Crippen molar-refractivity contribution in [3.05, 3.63) is 59.1 Å². The summed E-state index contributed by atoms with van der Waals surface area (Å²) in [5.41, 5.74) is 1.95. The molecular formula is C19H16ClN5O3. The van der Waals surface area contributed by atoms with Crippen molar-refractivity contribution in [2.24, 2.45) is 10.3 Å². The molecule has 0 bridgehead atoms. The topological polar surface area (TPSA) is 94.4 Å². The van der Waals surface area contributed by atoms with Crippen LogP contribution in [0.15, 0.2) is 58.9 Å². The summed E-state index contributed by atoms with van der Waals surface area (Å²) >= 11 is 6.04. The number of fused-ring (bicyclic) bond motifs is 1. The van der Waals surface area contributed by atoms with Gasteiger partial charge in [-0.25, -0.2) is 4.90 Å². The Balaban J connectivity index is 1.49. The molecule has 2 aromatic rings. The highest BCUT2D eigenvalue weighted by Gasteiger charge is 2.55. The molecule has 28 heavy (non-hydrogen) atoms. The molecule has 2 aromatic carbocycles. The van der Waals surface area contributed by atoms with Crippen molar-refractivity contribution in [1.29, 1.82) is 0 Å². The van der Waals surface area contributed by atoms with Gasteiger partial charge in [0.1, 0.15) is 6.54 Å². The first-order chi connectivity index (χ1) is 13.5. The summed E-state index contributed by atoms with van der Waals surface area (Å²) in [6, 6.07) is 12.0. The van der Waals surface area contributed by atoms with Crippen LogP contribution in [-0.2, 0) is 14.4 Å². The van der Waals surface area contributed by atoms with Gasteiger partial charge in [0.2, 0.25) is 5.91 Å². The first-order valence-electron chi connectivity index (χ1n) is 8.62. The van der Waals surface area contributed by atoms with E-state index in [0.717, 1.165) is 10.5 Å². The molecule has 1 fully saturated rings. The Morgan fingerprint density at radius 2 is 1.82 bits per heavy atom. The standard InChI is InChI=1S/C19H16ClN5O3/c1-11-6-8-12(9-7-11)25-18(27)16-17(19(25)28)24(23-22-16)10-15(26)21-14-5-3-2-4-13(14)20/h2-9,16-17H,10H2,1H3,(H,21,26)/t16-,17-/m1/s1. The van der Waals surface area contributed by atoms with Gasteiger partial charge in [0.05, 0.1) is 16.4 Å². The normalized spacial score (nSPS) is 20.6. The molecule has 0 saturated carbocycles. The molecule has 4 rings (SSSR count). The lowest BCUT2D eigenvalue weighted by atomic mass is 10.1. The average molecular weight is 398 g/mol. The van der Waals surface area contributed by atoms with Gasteiger partial charge in [0.25, 0.3) is 11.8 Å². The fraction of sp³-hybridized carbons (Fsp3) is 0.211. The van der Waals surface area contributed by atoms with Crippen molar-refractivity contribution in [3.63, 3.8) is 0 Å². The number of hydrogen-bond donors (Lipinski definition) is 1. The van der Waals surface area contributed by atoms with Crippen LogP contribution in [0.25, 0.3) is 0 Å². The lowest BCUT2D eigenvalue weighted by Gasteiger charge is -2.20. The number of hydrogen-bond acceptors (Lipinski definition) is 6. The number of carbonyl (C=O) groups is 3. The maximum atomic E-state index is 12.9. The molecule has 0 spiro atoms. The molecule has 0 unspecified atom stereocenters. The summed E-state index contributed by atoms with van der Waals surface area (Å²) in [7, 11) is 0. The summed E-state index contributed by atoms with van der Waals surface area (Å²) in [5.74, 6) is -1.31. The highest BCUT2D eigenvalue weighted by Crippen LogP contribution is 2.32. The number of aryl methyl sites for hydroxylation is 1. The van der Waals surface area contributed by atoms with Crippen LogP contribution < -0.4 is 10.2 Å². The zero-order valence-corrected chi connectivity index (χ0v) is 15.6. The number of carbonyl (C=O) groups excluding carboxylic acids is 3. The minimum absolute atomic E-state index is 0.226. The number of benzene rings is 2. The summed E-state index contributed by atoms with van der Waals surface area (Å²) < 4.78 is 0. The number of imide groups is 1. The van der Waals surface area contributed by atoms with E-state index in [0.29, 0.717) is 16.4 Å². The van der Waals surface area contributed by atoms with Crippen LogP contribution in [0, 0.1) is 6.92 Å². The van der Waals surface area contributed by atoms with E-state index in [2.05, 4.69) is 15.7 Å². The molecule has 9 heteroatoms. The van der Waals surface area contributed by atoms with Crippen molar-refractivity contribution in [3.8, 4) is 0 Å². The summed E-state index contributed by atoms with van der Waals surface area (Å²) in [6.45, 7) is 1.69. The van der Waals surface area contributed by atoms with Gasteiger partial charge < -0.3 is 5.32 Å². The van der Waals surface area contributed by atoms with Gasteiger partial charge in [-0.05, 0) is 31.2 Å². The summed E-state index contributed by atoms with van der Waals surface area (Å²) in [6.07, 6.45) is 0. The number of nitrogens with zero attached hydrogens (tertiary/aromatic N) is 4. The van der Waals surface area contributed by atoms with Crippen molar-refractivity contribution in [2.45, 2.75) is 19.0 Å². The van der Waals surface area contributed by atoms with E-state index in [1.807, 2.05) is 19.1 Å². The van der Waals surface area contributed by atoms with Crippen molar-refractivity contribution >= 4 is 40.7 Å². The molecule has 142 valence electrons. The van der Waals surface area contributed by atoms with Gasteiger partial charge in [-0.15, -0.1) is 0 Å². The van der Waals surface area contributed by atoms with E-state index in [-0.39, 0.29) is 6.54 Å². The summed E-state index contributed by atoms with van der Waals surface area (Å²) in [4.78, 5) is 39.0. The first-order valence-corrected chi connectivity index (χ1v) is 9.00. The molecule has 2 heterocycles. The number of halogens is 1. The molecule has 1 N–H and O–H groups in total. The maximum Gasteiger partial charge on any atom is 0.263 e. The third-order valence-corrected chi connectivity index (χ3v) is 4.93. The Morgan fingerprint density at radius 1 is 1.11 bits per heavy atom. The van der Waals surface area contributed by atoms with Gasteiger partial charge in [0, 0.05) is 0 Å². The smallest absolute Gasteiger partial charge is 0.263 e. The minimum atomic E-state index is -0.943. The number of amides is 3. The fourth-order valence-electron chi connectivity index (χ4n) is 3.20. The van der Waals surface area contributed by atoms with Crippen molar-refractivity contribution < 1.29 is 14.4 Å². The van der Waals surface area contributed by atoms with Crippen molar-refractivity contribution in [1.82, 2.24) is 5.01 Å². The average Bonchev–Trinajstić information content (AvgIpc) is 3.18. The van der Waals surface area contributed by atoms with E-state index >= 15 is 0 Å². The SMILES string of the molecule is Cc1ccc(N2C(=O)[C@@H]3N=NN(CC(=O)Nc4ccccc4Cl)[C@H]3C2=O)cc1. The van der Waals surface area contributed by atoms with Gasteiger partial charge in [-0.1, -0.05) is 46.7 Å². The van der Waals surface area contributed by atoms with Crippen LogP contribution >= 0.6 is 11.6 Å². The highest BCUT2D eigenvalue weighted by molar-refractivity contribution is 6.33. The van der Waals surface area contributed by atoms with Crippen LogP contribution in [-0.4, -0.2) is 41.4 Å². The van der Waals surface area contributed by atoms with E-state index in [1.54, 1.807) is 36.4 Å². The van der Waals surface area contributed by atoms with Gasteiger partial charge in [0.15, 0.2) is 12.1 Å². The number of nitrogens with one attached hydrogen (secondary N) is 1. The van der Waals surface area contributed by atoms with Gasteiger partial charge in [-0.2, -0.15) is 5.11 Å². The second-order valence-corrected chi connectivity index (χ2v) is 6.97. The van der Waals surface area contributed by atoms with E-state index in [4.69, 9.17) is 11.6 Å². The Kier molecular flexibility index (Phi) is 4.56. The summed E-state index contributed by atoms with van der Waals surface area (Å²) in [5, 5.41) is 12.1. The molecule has 0 aliphatic carbocycles.